The molecule has 2 aromatic carbocycles. The molecule has 0 saturated carbocycles. The van der Waals surface area contributed by atoms with Gasteiger partial charge in [0, 0.05) is 35.7 Å². The standard InChI is InChI=1S/C21H17ClN4O2S2/c1-23-15-4-7-17-13(12-15)10-11-26(20(17)27)16-5-2-14(3-6-16)24-21(28)25-30-19-9-8-18(22)29-19/h2-12,23H,1H3,(H2,24,25,28). The van der Waals surface area contributed by atoms with E-state index in [1.165, 1.54) is 23.3 Å². The van der Waals surface area contributed by atoms with Crippen molar-refractivity contribution in [3.8, 4) is 5.69 Å². The van der Waals surface area contributed by atoms with Gasteiger partial charge in [-0.15, -0.1) is 11.3 Å². The lowest BCUT2D eigenvalue weighted by Gasteiger charge is -2.10. The fourth-order valence-electron chi connectivity index (χ4n) is 2.92. The van der Waals surface area contributed by atoms with Crippen molar-refractivity contribution in [2.24, 2.45) is 0 Å². The van der Waals surface area contributed by atoms with Crippen molar-refractivity contribution in [3.63, 3.8) is 0 Å². The first-order chi connectivity index (χ1) is 14.5. The summed E-state index contributed by atoms with van der Waals surface area (Å²) in [5.41, 5.74) is 2.19. The first-order valence-electron chi connectivity index (χ1n) is 8.96. The number of nitrogens with one attached hydrogen (secondary N) is 3. The molecule has 2 amide bonds. The zero-order valence-corrected chi connectivity index (χ0v) is 18.2. The Balaban J connectivity index is 1.47. The number of halogens is 1. The van der Waals surface area contributed by atoms with Crippen LogP contribution in [0.15, 0.2) is 75.9 Å². The van der Waals surface area contributed by atoms with Gasteiger partial charge in [0.2, 0.25) is 0 Å². The van der Waals surface area contributed by atoms with Gasteiger partial charge in [-0.1, -0.05) is 11.6 Å². The second kappa shape index (κ2) is 8.83. The average molecular weight is 457 g/mol. The van der Waals surface area contributed by atoms with Crippen molar-refractivity contribution >= 4 is 63.1 Å². The maximum Gasteiger partial charge on any atom is 0.329 e. The Morgan fingerprint density at radius 1 is 1.03 bits per heavy atom. The monoisotopic (exact) mass is 456 g/mol. The quantitative estimate of drug-likeness (QED) is 0.343. The normalized spacial score (nSPS) is 10.7. The first-order valence-corrected chi connectivity index (χ1v) is 11.0. The molecule has 0 saturated heterocycles. The molecule has 0 radical (unpaired) electrons. The number of fused-ring (bicyclic) bond motifs is 1. The van der Waals surface area contributed by atoms with Gasteiger partial charge in [-0.25, -0.2) is 4.79 Å². The van der Waals surface area contributed by atoms with Gasteiger partial charge in [0.05, 0.1) is 8.55 Å². The smallest absolute Gasteiger partial charge is 0.329 e. The van der Waals surface area contributed by atoms with Gasteiger partial charge in [-0.3, -0.25) is 14.1 Å². The molecular formula is C21H17ClN4O2S2. The lowest BCUT2D eigenvalue weighted by Crippen LogP contribution is -2.22. The van der Waals surface area contributed by atoms with Crippen LogP contribution in [0, 0.1) is 0 Å². The van der Waals surface area contributed by atoms with Crippen LogP contribution >= 0.6 is 34.9 Å². The largest absolute Gasteiger partial charge is 0.388 e. The second-order valence-electron chi connectivity index (χ2n) is 6.31. The minimum atomic E-state index is -0.347. The molecule has 0 atom stereocenters. The second-order valence-corrected chi connectivity index (χ2v) is 9.13. The number of hydrogen-bond acceptors (Lipinski definition) is 5. The summed E-state index contributed by atoms with van der Waals surface area (Å²) in [6.07, 6.45) is 1.75. The highest BCUT2D eigenvalue weighted by Crippen LogP contribution is 2.28. The molecule has 9 heteroatoms. The van der Waals surface area contributed by atoms with Crippen LogP contribution in [-0.4, -0.2) is 17.6 Å². The molecule has 0 aliphatic rings. The Labute approximate surface area is 186 Å². The summed E-state index contributed by atoms with van der Waals surface area (Å²) in [6, 6.07) is 17.9. The molecule has 0 aliphatic carbocycles. The molecule has 2 heterocycles. The van der Waals surface area contributed by atoms with E-state index in [1.807, 2.05) is 37.4 Å². The van der Waals surface area contributed by atoms with Crippen molar-refractivity contribution in [3.05, 3.63) is 81.6 Å². The van der Waals surface area contributed by atoms with Crippen molar-refractivity contribution in [1.82, 2.24) is 9.29 Å². The van der Waals surface area contributed by atoms with Crippen molar-refractivity contribution in [2.75, 3.05) is 17.7 Å². The predicted molar refractivity (Wildman–Crippen MR) is 126 cm³/mol. The number of thiophene rings is 1. The number of carbonyl (C=O) groups excluding carboxylic acids is 1. The molecule has 4 rings (SSSR count). The van der Waals surface area contributed by atoms with Crippen LogP contribution < -0.4 is 20.9 Å². The molecule has 4 aromatic rings. The highest BCUT2D eigenvalue weighted by Gasteiger charge is 2.07. The van der Waals surface area contributed by atoms with Crippen molar-refractivity contribution in [1.29, 1.82) is 0 Å². The maximum atomic E-state index is 12.9. The summed E-state index contributed by atoms with van der Waals surface area (Å²) in [4.78, 5) is 24.9. The van der Waals surface area contributed by atoms with Crippen molar-refractivity contribution < 1.29 is 4.79 Å². The summed E-state index contributed by atoms with van der Waals surface area (Å²) in [6.45, 7) is 0. The first kappa shape index (κ1) is 20.3. The summed E-state index contributed by atoms with van der Waals surface area (Å²) in [5, 5.41) is 7.35. The molecule has 30 heavy (non-hydrogen) atoms. The molecule has 152 valence electrons. The molecule has 3 N–H and O–H groups in total. The fraction of sp³-hybridized carbons (Fsp3) is 0.0476. The molecular weight excluding hydrogens is 440 g/mol. The molecule has 0 spiro atoms. The lowest BCUT2D eigenvalue weighted by atomic mass is 10.1. The summed E-state index contributed by atoms with van der Waals surface area (Å²) < 4.78 is 5.85. The van der Waals surface area contributed by atoms with Crippen LogP contribution in [0.3, 0.4) is 0 Å². The fourth-order valence-corrected chi connectivity index (χ4v) is 4.77. The summed E-state index contributed by atoms with van der Waals surface area (Å²) in [7, 11) is 1.84. The number of amides is 2. The number of carbonyl (C=O) groups is 1. The number of rotatable bonds is 5. The van der Waals surface area contributed by atoms with Crippen LogP contribution in [0.5, 0.6) is 0 Å². The summed E-state index contributed by atoms with van der Waals surface area (Å²) in [5.74, 6) is 0. The van der Waals surface area contributed by atoms with Crippen LogP contribution in [0.2, 0.25) is 4.34 Å². The topological polar surface area (TPSA) is 75.2 Å². The van der Waals surface area contributed by atoms with E-state index in [4.69, 9.17) is 11.6 Å². The van der Waals surface area contributed by atoms with Gasteiger partial charge < -0.3 is 10.6 Å². The third kappa shape index (κ3) is 4.46. The van der Waals surface area contributed by atoms with Gasteiger partial charge in [-0.2, -0.15) is 0 Å². The van der Waals surface area contributed by atoms with Crippen LogP contribution in [0.4, 0.5) is 16.2 Å². The molecule has 6 nitrogen and oxygen atoms in total. The third-order valence-electron chi connectivity index (χ3n) is 4.39. The maximum absolute atomic E-state index is 12.9. The van der Waals surface area contributed by atoms with Crippen LogP contribution in [0.25, 0.3) is 16.5 Å². The average Bonchev–Trinajstić information content (AvgIpc) is 3.18. The Bertz CT molecular complexity index is 1270. The Hall–Kier alpha value is -2.94. The number of benzene rings is 2. The van der Waals surface area contributed by atoms with E-state index in [-0.39, 0.29) is 11.6 Å². The number of aromatic nitrogens is 1. The highest BCUT2D eigenvalue weighted by molar-refractivity contribution is 7.99. The van der Waals surface area contributed by atoms with Gasteiger partial charge in [0.1, 0.15) is 0 Å². The number of hydrogen-bond donors (Lipinski definition) is 3. The van der Waals surface area contributed by atoms with Gasteiger partial charge in [0.25, 0.3) is 5.56 Å². The van der Waals surface area contributed by atoms with E-state index < -0.39 is 0 Å². The van der Waals surface area contributed by atoms with Crippen LogP contribution in [0.1, 0.15) is 0 Å². The van der Waals surface area contributed by atoms with E-state index in [1.54, 1.807) is 41.1 Å². The molecule has 0 unspecified atom stereocenters. The number of anilines is 2. The predicted octanol–water partition coefficient (Wildman–Crippen LogP) is 5.58. The number of pyridine rings is 1. The van der Waals surface area contributed by atoms with E-state index in [0.717, 1.165) is 15.3 Å². The zero-order chi connectivity index (χ0) is 21.1. The highest BCUT2D eigenvalue weighted by atomic mass is 35.5. The zero-order valence-electron chi connectivity index (χ0n) is 15.8. The Morgan fingerprint density at radius 3 is 2.50 bits per heavy atom. The molecule has 2 aromatic heterocycles. The summed E-state index contributed by atoms with van der Waals surface area (Å²) >= 11 is 8.46. The number of nitrogens with zero attached hydrogens (tertiary/aromatic N) is 1. The van der Waals surface area contributed by atoms with Crippen molar-refractivity contribution in [2.45, 2.75) is 4.21 Å². The van der Waals surface area contributed by atoms with E-state index in [9.17, 15) is 9.59 Å². The Morgan fingerprint density at radius 2 is 1.80 bits per heavy atom. The minimum absolute atomic E-state index is 0.0976. The minimum Gasteiger partial charge on any atom is -0.388 e. The molecule has 0 bridgehead atoms. The van der Waals surface area contributed by atoms with Gasteiger partial charge in [-0.05, 0) is 78.0 Å². The van der Waals surface area contributed by atoms with Crippen LogP contribution in [-0.2, 0) is 0 Å². The molecule has 0 aliphatic heterocycles. The van der Waals surface area contributed by atoms with E-state index in [0.29, 0.717) is 21.1 Å². The van der Waals surface area contributed by atoms with E-state index >= 15 is 0 Å². The Kier molecular flexibility index (Phi) is 5.98. The number of urea groups is 1. The SMILES string of the molecule is CNc1ccc2c(=O)n(-c3ccc(NC(=O)NSc4ccc(Cl)s4)cc3)ccc2c1. The third-order valence-corrected chi connectivity index (χ3v) is 6.54. The van der Waals surface area contributed by atoms with Gasteiger partial charge >= 0.3 is 6.03 Å². The lowest BCUT2D eigenvalue weighted by molar-refractivity contribution is 0.257. The van der Waals surface area contributed by atoms with E-state index in [2.05, 4.69) is 15.4 Å². The molecule has 0 fully saturated rings. The van der Waals surface area contributed by atoms with Gasteiger partial charge in [0.15, 0.2) is 0 Å².